The van der Waals surface area contributed by atoms with Gasteiger partial charge in [-0.3, -0.25) is 4.79 Å². The van der Waals surface area contributed by atoms with Crippen molar-refractivity contribution in [3.63, 3.8) is 0 Å². The summed E-state index contributed by atoms with van der Waals surface area (Å²) >= 11 is 0. The summed E-state index contributed by atoms with van der Waals surface area (Å²) < 4.78 is 73.1. The van der Waals surface area contributed by atoms with Gasteiger partial charge in [0.15, 0.2) is 5.75 Å². The third-order valence-corrected chi connectivity index (χ3v) is 9.41. The van der Waals surface area contributed by atoms with Gasteiger partial charge in [0.2, 0.25) is 10.0 Å². The minimum absolute atomic E-state index is 0.0158. The number of anilines is 2. The van der Waals surface area contributed by atoms with Gasteiger partial charge in [0, 0.05) is 25.2 Å². The highest BCUT2D eigenvalue weighted by Crippen LogP contribution is 2.36. The number of hydrogen-bond donors (Lipinski definition) is 3. The van der Waals surface area contributed by atoms with E-state index in [2.05, 4.69) is 10.6 Å². The summed E-state index contributed by atoms with van der Waals surface area (Å²) in [4.78, 5) is 28.2. The van der Waals surface area contributed by atoms with E-state index in [-0.39, 0.29) is 47.3 Å². The number of rotatable bonds is 8. The number of hydrogen-bond acceptors (Lipinski definition) is 6. The number of nitrogens with zero attached hydrogens (tertiary/aromatic N) is 2. The Bertz CT molecular complexity index is 1630. The molecule has 3 N–H and O–H groups in total. The van der Waals surface area contributed by atoms with E-state index >= 15 is 0 Å². The second-order valence-electron chi connectivity index (χ2n) is 11.1. The molecule has 3 atom stereocenters. The van der Waals surface area contributed by atoms with Crippen LogP contribution in [-0.2, 0) is 16.2 Å². The Morgan fingerprint density at radius 1 is 1.09 bits per heavy atom. The molecule has 0 fully saturated rings. The minimum Gasteiger partial charge on any atom is -0.486 e. The first-order chi connectivity index (χ1) is 21.1. The molecule has 45 heavy (non-hydrogen) atoms. The Morgan fingerprint density at radius 2 is 1.73 bits per heavy atom. The lowest BCUT2D eigenvalue weighted by molar-refractivity contribution is -0.137. The highest BCUT2D eigenvalue weighted by atomic mass is 32.2. The summed E-state index contributed by atoms with van der Waals surface area (Å²) in [6, 6.07) is 13.4. The molecule has 1 heterocycles. The van der Waals surface area contributed by atoms with Crippen molar-refractivity contribution in [1.29, 1.82) is 0 Å². The number of carbonyl (C=O) groups excluding carboxylic acids is 2. The average Bonchev–Trinajstić information content (AvgIpc) is 2.98. The van der Waals surface area contributed by atoms with Crippen molar-refractivity contribution in [2.24, 2.45) is 5.92 Å². The molecule has 0 saturated carbocycles. The van der Waals surface area contributed by atoms with E-state index in [9.17, 15) is 36.3 Å². The van der Waals surface area contributed by atoms with E-state index in [1.165, 1.54) is 42.3 Å². The van der Waals surface area contributed by atoms with Crippen LogP contribution in [0.1, 0.15) is 35.3 Å². The third kappa shape index (κ3) is 7.75. The fourth-order valence-electron chi connectivity index (χ4n) is 4.83. The number of sulfonamides is 1. The molecule has 1 aliphatic rings. The van der Waals surface area contributed by atoms with E-state index in [4.69, 9.17) is 4.74 Å². The van der Waals surface area contributed by atoms with Gasteiger partial charge in [0.05, 0.1) is 40.9 Å². The van der Waals surface area contributed by atoms with Crippen molar-refractivity contribution in [1.82, 2.24) is 9.21 Å². The Kier molecular flexibility index (Phi) is 10.1. The van der Waals surface area contributed by atoms with E-state index in [0.29, 0.717) is 0 Å². The first-order valence-electron chi connectivity index (χ1n) is 14.1. The van der Waals surface area contributed by atoms with Crippen LogP contribution in [0, 0.1) is 12.8 Å². The van der Waals surface area contributed by atoms with E-state index in [1.54, 1.807) is 26.0 Å². The normalized spacial score (nSPS) is 18.0. The maximum Gasteiger partial charge on any atom is 0.416 e. The molecule has 3 aromatic carbocycles. The molecule has 0 saturated heterocycles. The molecule has 0 aliphatic carbocycles. The quantitative estimate of drug-likeness (QED) is 0.308. The molecule has 0 bridgehead atoms. The van der Waals surface area contributed by atoms with Crippen LogP contribution in [-0.4, -0.2) is 73.6 Å². The van der Waals surface area contributed by atoms with Crippen LogP contribution >= 0.6 is 0 Å². The second-order valence-corrected chi connectivity index (χ2v) is 13.1. The Balaban J connectivity index is 1.65. The van der Waals surface area contributed by atoms with Crippen LogP contribution in [0.25, 0.3) is 0 Å². The third-order valence-electron chi connectivity index (χ3n) is 7.58. The number of para-hydroxylation sites is 1. The predicted octanol–water partition coefficient (Wildman–Crippen LogP) is 5.20. The zero-order valence-electron chi connectivity index (χ0n) is 25.1. The lowest BCUT2D eigenvalue weighted by Crippen LogP contribution is -2.50. The second kappa shape index (κ2) is 13.5. The monoisotopic (exact) mass is 648 g/mol. The van der Waals surface area contributed by atoms with Gasteiger partial charge < -0.3 is 25.4 Å². The Hall–Kier alpha value is -4.14. The Labute approximate surface area is 259 Å². The average molecular weight is 649 g/mol. The smallest absolute Gasteiger partial charge is 0.416 e. The number of carbonyl (C=O) groups is 2. The molecule has 10 nitrogen and oxygen atoms in total. The number of aliphatic hydroxyl groups is 1. The molecule has 0 radical (unpaired) electrons. The summed E-state index contributed by atoms with van der Waals surface area (Å²) in [5.41, 5.74) is 0.263. The molecule has 0 aromatic heterocycles. The van der Waals surface area contributed by atoms with Crippen LogP contribution in [0.5, 0.6) is 5.75 Å². The van der Waals surface area contributed by atoms with Crippen LogP contribution in [0.2, 0.25) is 0 Å². The van der Waals surface area contributed by atoms with Gasteiger partial charge in [0.1, 0.15) is 6.10 Å². The summed E-state index contributed by atoms with van der Waals surface area (Å²) in [5, 5.41) is 14.9. The summed E-state index contributed by atoms with van der Waals surface area (Å²) in [5.74, 6) is -0.914. The molecule has 0 spiro atoms. The van der Waals surface area contributed by atoms with Crippen molar-refractivity contribution in [2.75, 3.05) is 37.4 Å². The van der Waals surface area contributed by atoms with E-state index < -0.39 is 51.8 Å². The number of urea groups is 1. The molecular formula is C31H35F3N4O6S. The van der Waals surface area contributed by atoms with Crippen molar-refractivity contribution < 1.29 is 41.0 Å². The van der Waals surface area contributed by atoms with Gasteiger partial charge in [-0.2, -0.15) is 17.5 Å². The molecule has 242 valence electrons. The number of alkyl halides is 3. The Morgan fingerprint density at radius 3 is 2.33 bits per heavy atom. The number of fused-ring (bicyclic) bond motifs is 1. The highest BCUT2D eigenvalue weighted by Gasteiger charge is 2.36. The van der Waals surface area contributed by atoms with Gasteiger partial charge in [-0.05, 0) is 62.4 Å². The zero-order valence-corrected chi connectivity index (χ0v) is 25.9. The van der Waals surface area contributed by atoms with Gasteiger partial charge in [-0.15, -0.1) is 0 Å². The van der Waals surface area contributed by atoms with Crippen molar-refractivity contribution in [3.8, 4) is 5.75 Å². The molecule has 4 rings (SSSR count). The number of aryl methyl sites for hydroxylation is 1. The standard InChI is InChI=1S/C31H35F3N4O6S/c1-19-8-14-24(15-9-19)45(42,43)37(4)17-27-20(2)16-38(21(3)18-39)29(40)25-6-5-7-26(28(25)44-27)36-30(41)35-23-12-10-22(11-13-23)31(32,33)34/h5-15,20-21,27,39H,16-18H2,1-4H3,(H2,35,36,41)/t20-,21-,27+/m1/s1. The van der Waals surface area contributed by atoms with Crippen LogP contribution in [0.15, 0.2) is 71.6 Å². The van der Waals surface area contributed by atoms with Gasteiger partial charge >= 0.3 is 12.2 Å². The maximum absolute atomic E-state index is 13.7. The zero-order chi connectivity index (χ0) is 33.1. The topological polar surface area (TPSA) is 128 Å². The lowest BCUT2D eigenvalue weighted by atomic mass is 9.99. The molecule has 3 amide bonds. The maximum atomic E-state index is 13.7. The number of nitrogens with one attached hydrogen (secondary N) is 2. The van der Waals surface area contributed by atoms with E-state index in [1.807, 2.05) is 6.92 Å². The molecular weight excluding hydrogens is 613 g/mol. The molecule has 14 heteroatoms. The summed E-state index contributed by atoms with van der Waals surface area (Å²) in [6.07, 6.45) is -5.34. The molecule has 3 aromatic rings. The number of ether oxygens (including phenoxy) is 1. The largest absolute Gasteiger partial charge is 0.486 e. The van der Waals surface area contributed by atoms with Gasteiger partial charge in [-0.1, -0.05) is 30.7 Å². The lowest BCUT2D eigenvalue weighted by Gasteiger charge is -2.38. The fraction of sp³-hybridized carbons (Fsp3) is 0.355. The van der Waals surface area contributed by atoms with Crippen LogP contribution in [0.4, 0.5) is 29.3 Å². The first kappa shape index (κ1) is 33.7. The van der Waals surface area contributed by atoms with Crippen LogP contribution < -0.4 is 15.4 Å². The van der Waals surface area contributed by atoms with Crippen LogP contribution in [0.3, 0.4) is 0 Å². The van der Waals surface area contributed by atoms with Crippen molar-refractivity contribution >= 4 is 33.3 Å². The fourth-order valence-corrected chi connectivity index (χ4v) is 6.01. The number of likely N-dealkylation sites (N-methyl/N-ethyl adjacent to an activating group) is 1. The minimum atomic E-state index is -4.53. The van der Waals surface area contributed by atoms with Crippen molar-refractivity contribution in [2.45, 2.75) is 44.0 Å². The molecule has 1 aliphatic heterocycles. The predicted molar refractivity (Wildman–Crippen MR) is 163 cm³/mol. The van der Waals surface area contributed by atoms with Gasteiger partial charge in [-0.25, -0.2) is 13.2 Å². The number of halogens is 3. The number of amides is 3. The molecule has 0 unspecified atom stereocenters. The first-order valence-corrected chi connectivity index (χ1v) is 15.6. The summed E-state index contributed by atoms with van der Waals surface area (Å²) in [7, 11) is -2.49. The van der Waals surface area contributed by atoms with Crippen molar-refractivity contribution in [3.05, 3.63) is 83.4 Å². The highest BCUT2D eigenvalue weighted by molar-refractivity contribution is 7.89. The SMILES string of the molecule is Cc1ccc(S(=O)(=O)N(C)C[C@@H]2Oc3c(NC(=O)Nc4ccc(C(F)(F)F)cc4)cccc3C(=O)N([C@H](C)CO)C[C@H]2C)cc1. The number of benzene rings is 3. The summed E-state index contributed by atoms with van der Waals surface area (Å²) in [6.45, 7) is 5.02. The number of aliphatic hydroxyl groups excluding tert-OH is 1. The van der Waals surface area contributed by atoms with Gasteiger partial charge in [0.25, 0.3) is 5.91 Å². The van der Waals surface area contributed by atoms with E-state index in [0.717, 1.165) is 34.1 Å².